The first kappa shape index (κ1) is 25.8. The molecule has 1 amide bonds. The van der Waals surface area contributed by atoms with Crippen molar-refractivity contribution in [1.82, 2.24) is 14.8 Å². The zero-order valence-corrected chi connectivity index (χ0v) is 22.1. The van der Waals surface area contributed by atoms with Crippen LogP contribution in [0.2, 0.25) is 0 Å². The Bertz CT molecular complexity index is 1170. The lowest BCUT2D eigenvalue weighted by Gasteiger charge is -2.28. The van der Waals surface area contributed by atoms with Crippen molar-refractivity contribution in [3.63, 3.8) is 0 Å². The van der Waals surface area contributed by atoms with Gasteiger partial charge in [-0.05, 0) is 49.6 Å². The topological polar surface area (TPSA) is 81.1 Å². The fraction of sp³-hybridized carbons (Fsp3) is 0.393. The molecule has 36 heavy (non-hydrogen) atoms. The molecule has 1 aromatic heterocycles. The van der Waals surface area contributed by atoms with E-state index in [9.17, 15) is 4.79 Å². The molecule has 2 aromatic carbocycles. The molecule has 1 unspecified atom stereocenters. The molecular weight excluding hydrogens is 470 g/mol. The number of benzene rings is 2. The molecule has 1 atom stereocenters. The monoisotopic (exact) mass is 505 g/mol. The third-order valence-corrected chi connectivity index (χ3v) is 7.05. The Kier molecular flexibility index (Phi) is 9.06. The molecule has 0 fully saturated rings. The highest BCUT2D eigenvalue weighted by atomic mass is 32.2. The van der Waals surface area contributed by atoms with Crippen LogP contribution in [0.5, 0.6) is 5.75 Å². The molecule has 7 nitrogen and oxygen atoms in total. The van der Waals surface area contributed by atoms with E-state index < -0.39 is 6.04 Å². The smallest absolute Gasteiger partial charge is 0.255 e. The lowest BCUT2D eigenvalue weighted by molar-refractivity contribution is -0.113. The number of carbonyl (C=O) groups is 1. The van der Waals surface area contributed by atoms with Gasteiger partial charge in [0.05, 0.1) is 12.2 Å². The first-order chi connectivity index (χ1) is 17.6. The highest BCUT2D eigenvalue weighted by molar-refractivity contribution is 7.99. The Morgan fingerprint density at radius 1 is 1.06 bits per heavy atom. The van der Waals surface area contributed by atoms with Gasteiger partial charge in [-0.3, -0.25) is 4.79 Å². The normalized spacial score (nSPS) is 14.8. The number of anilines is 2. The van der Waals surface area contributed by atoms with Crippen LogP contribution in [0.25, 0.3) is 0 Å². The van der Waals surface area contributed by atoms with Gasteiger partial charge in [0.15, 0.2) is 0 Å². The number of allylic oxidation sites excluding steroid dienone is 1. The number of nitrogens with one attached hydrogen (secondary N) is 2. The van der Waals surface area contributed by atoms with Crippen molar-refractivity contribution in [3.8, 4) is 5.75 Å². The average Bonchev–Trinajstić information content (AvgIpc) is 3.29. The van der Waals surface area contributed by atoms with Gasteiger partial charge in [0.1, 0.15) is 11.8 Å². The van der Waals surface area contributed by atoms with E-state index >= 15 is 0 Å². The SMILES string of the molecule is CCCCCCOc1ccc(C2C(C(=O)Nc3ccccc3)=C(C)Nc3nc(SCCC)nn32)cc1. The van der Waals surface area contributed by atoms with Crippen molar-refractivity contribution < 1.29 is 9.53 Å². The number of carbonyl (C=O) groups excluding carboxylic acids is 1. The fourth-order valence-electron chi connectivity index (χ4n) is 4.17. The summed E-state index contributed by atoms with van der Waals surface area (Å²) in [7, 11) is 0. The maximum atomic E-state index is 13.5. The van der Waals surface area contributed by atoms with Gasteiger partial charge in [-0.25, -0.2) is 4.68 Å². The second-order valence-electron chi connectivity index (χ2n) is 8.88. The van der Waals surface area contributed by atoms with Gasteiger partial charge in [0, 0.05) is 17.1 Å². The van der Waals surface area contributed by atoms with Crippen molar-refractivity contribution >= 4 is 29.3 Å². The number of para-hydroxylation sites is 1. The van der Waals surface area contributed by atoms with E-state index in [2.05, 4.69) is 29.5 Å². The van der Waals surface area contributed by atoms with Crippen LogP contribution < -0.4 is 15.4 Å². The summed E-state index contributed by atoms with van der Waals surface area (Å²) in [6.45, 7) is 6.96. The first-order valence-electron chi connectivity index (χ1n) is 12.8. The Hall–Kier alpha value is -3.26. The van der Waals surface area contributed by atoms with E-state index in [0.717, 1.165) is 41.3 Å². The Labute approximate surface area is 217 Å². The van der Waals surface area contributed by atoms with Gasteiger partial charge >= 0.3 is 0 Å². The Balaban J connectivity index is 1.61. The molecule has 2 N–H and O–H groups in total. The zero-order chi connectivity index (χ0) is 25.3. The Morgan fingerprint density at radius 2 is 1.83 bits per heavy atom. The van der Waals surface area contributed by atoms with Crippen LogP contribution in [-0.4, -0.2) is 33.0 Å². The molecule has 0 saturated carbocycles. The minimum atomic E-state index is -0.410. The maximum absolute atomic E-state index is 13.5. The van der Waals surface area contributed by atoms with Gasteiger partial charge < -0.3 is 15.4 Å². The predicted molar refractivity (Wildman–Crippen MR) is 147 cm³/mol. The Morgan fingerprint density at radius 3 is 2.56 bits per heavy atom. The van der Waals surface area contributed by atoms with Crippen LogP contribution >= 0.6 is 11.8 Å². The van der Waals surface area contributed by atoms with Gasteiger partial charge in [0.2, 0.25) is 11.1 Å². The molecule has 0 saturated heterocycles. The number of hydrogen-bond acceptors (Lipinski definition) is 6. The van der Waals surface area contributed by atoms with Crippen molar-refractivity contribution in [3.05, 3.63) is 71.4 Å². The lowest BCUT2D eigenvalue weighted by Crippen LogP contribution is -2.31. The second kappa shape index (κ2) is 12.6. The average molecular weight is 506 g/mol. The van der Waals surface area contributed by atoms with Crippen molar-refractivity contribution in [2.24, 2.45) is 0 Å². The molecule has 0 radical (unpaired) electrons. The van der Waals surface area contributed by atoms with Crippen molar-refractivity contribution in [1.29, 1.82) is 0 Å². The van der Waals surface area contributed by atoms with Crippen LogP contribution in [0.3, 0.4) is 0 Å². The van der Waals surface area contributed by atoms with E-state index in [1.54, 1.807) is 11.8 Å². The van der Waals surface area contributed by atoms with Gasteiger partial charge in [-0.2, -0.15) is 4.98 Å². The van der Waals surface area contributed by atoms with Crippen LogP contribution in [0.15, 0.2) is 71.0 Å². The van der Waals surface area contributed by atoms with Gasteiger partial charge in [0.25, 0.3) is 5.91 Å². The van der Waals surface area contributed by atoms with Crippen LogP contribution in [-0.2, 0) is 4.79 Å². The summed E-state index contributed by atoms with van der Waals surface area (Å²) in [6, 6.07) is 17.1. The number of aromatic nitrogens is 3. The molecule has 8 heteroatoms. The lowest BCUT2D eigenvalue weighted by atomic mass is 9.95. The molecule has 3 aromatic rings. The first-order valence-corrected chi connectivity index (χ1v) is 13.8. The van der Waals surface area contributed by atoms with E-state index in [-0.39, 0.29) is 5.91 Å². The number of fused-ring (bicyclic) bond motifs is 1. The van der Waals surface area contributed by atoms with E-state index in [4.69, 9.17) is 9.84 Å². The molecule has 2 heterocycles. The summed E-state index contributed by atoms with van der Waals surface area (Å²) in [5.41, 5.74) is 3.07. The molecule has 190 valence electrons. The highest BCUT2D eigenvalue weighted by Gasteiger charge is 2.34. The molecule has 1 aliphatic heterocycles. The molecule has 4 rings (SSSR count). The fourth-order valence-corrected chi connectivity index (χ4v) is 4.86. The standard InChI is InChI=1S/C28H35N5O2S/c1-4-6-7-11-18-35-23-16-14-21(15-17-23)25-24(26(34)30-22-12-9-8-10-13-22)20(3)29-27-31-28(32-33(25)27)36-19-5-2/h8-10,12-17,25H,4-7,11,18-19H2,1-3H3,(H,30,34)(H,29,31,32). The molecule has 0 aliphatic carbocycles. The van der Waals surface area contributed by atoms with Crippen LogP contribution in [0, 0.1) is 0 Å². The van der Waals surface area contributed by atoms with E-state index in [1.807, 2.05) is 66.2 Å². The third-order valence-electron chi connectivity index (χ3n) is 6.01. The maximum Gasteiger partial charge on any atom is 0.255 e. The minimum Gasteiger partial charge on any atom is -0.494 e. The largest absolute Gasteiger partial charge is 0.494 e. The zero-order valence-electron chi connectivity index (χ0n) is 21.3. The predicted octanol–water partition coefficient (Wildman–Crippen LogP) is 6.67. The highest BCUT2D eigenvalue weighted by Crippen LogP contribution is 2.37. The van der Waals surface area contributed by atoms with Crippen LogP contribution in [0.4, 0.5) is 11.6 Å². The van der Waals surface area contributed by atoms with E-state index in [0.29, 0.717) is 23.3 Å². The number of amides is 1. The quantitative estimate of drug-likeness (QED) is 0.211. The molecular formula is C28H35N5O2S. The van der Waals surface area contributed by atoms with E-state index in [1.165, 1.54) is 19.3 Å². The molecule has 0 spiro atoms. The minimum absolute atomic E-state index is 0.170. The summed E-state index contributed by atoms with van der Waals surface area (Å²) in [4.78, 5) is 18.2. The third kappa shape index (κ3) is 6.29. The number of ether oxygens (including phenoxy) is 1. The second-order valence-corrected chi connectivity index (χ2v) is 9.94. The van der Waals surface area contributed by atoms with Gasteiger partial charge in [-0.15, -0.1) is 5.10 Å². The number of rotatable bonds is 12. The summed E-state index contributed by atoms with van der Waals surface area (Å²) >= 11 is 1.62. The summed E-state index contributed by atoms with van der Waals surface area (Å²) in [6.07, 6.45) is 5.71. The number of nitrogens with zero attached hydrogens (tertiary/aromatic N) is 3. The van der Waals surface area contributed by atoms with Crippen LogP contribution in [0.1, 0.15) is 64.5 Å². The van der Waals surface area contributed by atoms with Crippen molar-refractivity contribution in [2.45, 2.75) is 64.1 Å². The number of hydrogen-bond donors (Lipinski definition) is 2. The molecule has 1 aliphatic rings. The number of thioether (sulfide) groups is 1. The van der Waals surface area contributed by atoms with Crippen molar-refractivity contribution in [2.75, 3.05) is 23.0 Å². The number of unbranched alkanes of at least 4 members (excludes halogenated alkanes) is 3. The van der Waals surface area contributed by atoms with Gasteiger partial charge in [-0.1, -0.05) is 75.2 Å². The molecule has 0 bridgehead atoms. The summed E-state index contributed by atoms with van der Waals surface area (Å²) in [5, 5.41) is 11.8. The summed E-state index contributed by atoms with van der Waals surface area (Å²) < 4.78 is 7.77. The summed E-state index contributed by atoms with van der Waals surface area (Å²) in [5.74, 6) is 2.24.